The van der Waals surface area contributed by atoms with Crippen molar-refractivity contribution in [3.05, 3.63) is 48.0 Å². The van der Waals surface area contributed by atoms with Crippen LogP contribution in [0.3, 0.4) is 0 Å². The van der Waals surface area contributed by atoms with Crippen molar-refractivity contribution in [1.82, 2.24) is 24.8 Å². The van der Waals surface area contributed by atoms with E-state index in [1.165, 1.54) is 0 Å². The number of halogens is 1. The van der Waals surface area contributed by atoms with Gasteiger partial charge in [0.2, 0.25) is 0 Å². The van der Waals surface area contributed by atoms with Gasteiger partial charge in [0.1, 0.15) is 11.6 Å². The summed E-state index contributed by atoms with van der Waals surface area (Å²) in [5.74, 6) is 0.611. The molecule has 0 atom stereocenters. The molecule has 0 saturated carbocycles. The highest BCUT2D eigenvalue weighted by molar-refractivity contribution is 5.78. The van der Waals surface area contributed by atoms with Crippen molar-refractivity contribution in [2.24, 2.45) is 0 Å². The summed E-state index contributed by atoms with van der Waals surface area (Å²) >= 11 is 0. The van der Waals surface area contributed by atoms with Crippen LogP contribution in [0.4, 0.5) is 10.2 Å². The quantitative estimate of drug-likeness (QED) is 0.658. The first kappa shape index (κ1) is 17.9. The summed E-state index contributed by atoms with van der Waals surface area (Å²) in [5.41, 5.74) is 3.08. The Morgan fingerprint density at radius 3 is 2.78 bits per heavy atom. The molecule has 0 fully saturated rings. The molecule has 2 aromatic heterocycles. The average molecular weight is 368 g/mol. The minimum Gasteiger partial charge on any atom is -0.358 e. The molecule has 1 aliphatic rings. The number of hydrogen-bond donors (Lipinski definition) is 1. The molecule has 1 aromatic carbocycles. The van der Waals surface area contributed by atoms with Gasteiger partial charge in [-0.15, -0.1) is 0 Å². The smallest absolute Gasteiger partial charge is 0.165 e. The zero-order valence-electron chi connectivity index (χ0n) is 15.8. The van der Waals surface area contributed by atoms with Crippen LogP contribution in [-0.2, 0) is 6.42 Å². The maximum absolute atomic E-state index is 14.6. The molecule has 0 saturated heterocycles. The topological polar surface area (TPSA) is 48.7 Å². The molecule has 4 rings (SSSR count). The number of likely N-dealkylation sites (N-methyl/N-ethyl adjacent to an activating group) is 2. The van der Waals surface area contributed by atoms with E-state index in [0.717, 1.165) is 56.1 Å². The fraction of sp³-hybridized carbons (Fsp3) is 0.400. The van der Waals surface area contributed by atoms with Gasteiger partial charge in [0.05, 0.1) is 6.20 Å². The van der Waals surface area contributed by atoms with Gasteiger partial charge in [-0.3, -0.25) is 0 Å². The third-order valence-corrected chi connectivity index (χ3v) is 5.14. The highest BCUT2D eigenvalue weighted by Crippen LogP contribution is 2.28. The standard InChI is InChI=1S/C20H25FN6/c1-25-9-5-15-3-4-18(21)16(13-15)17-14-23-27-10-6-19(24-20(17)27)26(2)12-8-22-7-11-25/h3-4,6,10,13-14,22H,5,7-9,11-12H2,1-2H3. The number of nitrogens with zero attached hydrogens (tertiary/aromatic N) is 5. The fourth-order valence-electron chi connectivity index (χ4n) is 3.38. The molecule has 1 aliphatic heterocycles. The Morgan fingerprint density at radius 1 is 1.04 bits per heavy atom. The van der Waals surface area contributed by atoms with Gasteiger partial charge < -0.3 is 15.1 Å². The Hall–Kier alpha value is -2.51. The van der Waals surface area contributed by atoms with E-state index in [1.807, 2.05) is 31.4 Å². The van der Waals surface area contributed by atoms with Crippen molar-refractivity contribution in [1.29, 1.82) is 0 Å². The largest absolute Gasteiger partial charge is 0.358 e. The van der Waals surface area contributed by atoms with E-state index in [9.17, 15) is 4.39 Å². The lowest BCUT2D eigenvalue weighted by Gasteiger charge is -2.20. The van der Waals surface area contributed by atoms with Gasteiger partial charge in [0.25, 0.3) is 0 Å². The second kappa shape index (κ2) is 7.62. The van der Waals surface area contributed by atoms with Crippen LogP contribution >= 0.6 is 0 Å². The van der Waals surface area contributed by atoms with E-state index in [4.69, 9.17) is 4.98 Å². The number of rotatable bonds is 0. The summed E-state index contributed by atoms with van der Waals surface area (Å²) in [6.07, 6.45) is 4.46. The monoisotopic (exact) mass is 368 g/mol. The first-order valence-electron chi connectivity index (χ1n) is 9.35. The molecule has 0 aliphatic carbocycles. The Kier molecular flexibility index (Phi) is 5.05. The molecule has 6 nitrogen and oxygen atoms in total. The Bertz CT molecular complexity index is 937. The van der Waals surface area contributed by atoms with Crippen LogP contribution in [0.5, 0.6) is 0 Å². The van der Waals surface area contributed by atoms with Gasteiger partial charge in [-0.2, -0.15) is 5.10 Å². The van der Waals surface area contributed by atoms with Crippen LogP contribution in [0.15, 0.2) is 36.7 Å². The zero-order chi connectivity index (χ0) is 18.8. The summed E-state index contributed by atoms with van der Waals surface area (Å²) < 4.78 is 16.3. The number of fused-ring (bicyclic) bond motifs is 4. The van der Waals surface area contributed by atoms with Gasteiger partial charge in [-0.05, 0) is 37.2 Å². The maximum Gasteiger partial charge on any atom is 0.165 e. The summed E-state index contributed by atoms with van der Waals surface area (Å²) in [5, 5.41) is 7.85. The normalized spacial score (nSPS) is 16.9. The first-order chi connectivity index (χ1) is 13.1. The second-order valence-electron chi connectivity index (χ2n) is 7.15. The first-order valence-corrected chi connectivity index (χ1v) is 9.35. The maximum atomic E-state index is 14.6. The van der Waals surface area contributed by atoms with E-state index in [1.54, 1.807) is 16.8 Å². The molecule has 0 unspecified atom stereocenters. The lowest BCUT2D eigenvalue weighted by Crippen LogP contribution is -2.35. The van der Waals surface area contributed by atoms with Crippen molar-refractivity contribution < 1.29 is 4.39 Å². The molecule has 1 N–H and O–H groups in total. The van der Waals surface area contributed by atoms with E-state index >= 15 is 0 Å². The average Bonchev–Trinajstić information content (AvgIpc) is 3.09. The molecule has 142 valence electrons. The van der Waals surface area contributed by atoms with Gasteiger partial charge in [0, 0.05) is 57.1 Å². The van der Waals surface area contributed by atoms with Crippen LogP contribution in [-0.4, -0.2) is 66.3 Å². The van der Waals surface area contributed by atoms with Gasteiger partial charge in [0.15, 0.2) is 5.65 Å². The molecule has 0 amide bonds. The SMILES string of the molecule is CN1CCNCCN(C)c2ccn3ncc(c3n2)-c2cc(ccc2F)CC1. The van der Waals surface area contributed by atoms with Crippen LogP contribution in [0, 0.1) is 5.82 Å². The van der Waals surface area contributed by atoms with Crippen molar-refractivity contribution in [3.63, 3.8) is 0 Å². The molecule has 0 spiro atoms. The predicted molar refractivity (Wildman–Crippen MR) is 106 cm³/mol. The van der Waals surface area contributed by atoms with Gasteiger partial charge in [-0.1, -0.05) is 6.07 Å². The molecular weight excluding hydrogens is 343 g/mol. The minimum atomic E-state index is -0.243. The lowest BCUT2D eigenvalue weighted by atomic mass is 10.0. The summed E-state index contributed by atoms with van der Waals surface area (Å²) in [6, 6.07) is 7.29. The minimum absolute atomic E-state index is 0.243. The van der Waals surface area contributed by atoms with E-state index < -0.39 is 0 Å². The van der Waals surface area contributed by atoms with Gasteiger partial charge >= 0.3 is 0 Å². The third kappa shape index (κ3) is 3.79. The highest BCUT2D eigenvalue weighted by atomic mass is 19.1. The third-order valence-electron chi connectivity index (χ3n) is 5.14. The van der Waals surface area contributed by atoms with Gasteiger partial charge in [-0.25, -0.2) is 13.9 Å². The zero-order valence-corrected chi connectivity index (χ0v) is 15.8. The second-order valence-corrected chi connectivity index (χ2v) is 7.15. The molecule has 3 heterocycles. The molecule has 3 aromatic rings. The van der Waals surface area contributed by atoms with Crippen molar-refractivity contribution in [2.45, 2.75) is 6.42 Å². The fourth-order valence-corrected chi connectivity index (χ4v) is 3.38. The lowest BCUT2D eigenvalue weighted by molar-refractivity contribution is 0.336. The van der Waals surface area contributed by atoms with Crippen LogP contribution in [0.2, 0.25) is 0 Å². The molecular formula is C20H25FN6. The summed E-state index contributed by atoms with van der Waals surface area (Å²) in [4.78, 5) is 9.16. The highest BCUT2D eigenvalue weighted by Gasteiger charge is 2.15. The van der Waals surface area contributed by atoms with Crippen molar-refractivity contribution >= 4 is 11.5 Å². The van der Waals surface area contributed by atoms with E-state index in [0.29, 0.717) is 11.2 Å². The molecule has 7 heteroatoms. The van der Waals surface area contributed by atoms with Crippen LogP contribution in [0.1, 0.15) is 5.56 Å². The van der Waals surface area contributed by atoms with Crippen molar-refractivity contribution in [2.75, 3.05) is 51.7 Å². The van der Waals surface area contributed by atoms with Crippen LogP contribution < -0.4 is 10.2 Å². The van der Waals surface area contributed by atoms with E-state index in [2.05, 4.69) is 27.3 Å². The number of benzene rings is 1. The predicted octanol–water partition coefficient (Wildman–Crippen LogP) is 2.05. The Labute approximate surface area is 158 Å². The summed E-state index contributed by atoms with van der Waals surface area (Å²) in [6.45, 7) is 4.59. The van der Waals surface area contributed by atoms with E-state index in [-0.39, 0.29) is 5.82 Å². The Morgan fingerprint density at radius 2 is 1.89 bits per heavy atom. The Balaban J connectivity index is 1.79. The summed E-state index contributed by atoms with van der Waals surface area (Å²) in [7, 11) is 4.14. The molecule has 27 heavy (non-hydrogen) atoms. The van der Waals surface area contributed by atoms with Crippen LogP contribution in [0.25, 0.3) is 16.8 Å². The number of nitrogens with one attached hydrogen (secondary N) is 1. The van der Waals surface area contributed by atoms with Crippen molar-refractivity contribution in [3.8, 4) is 11.1 Å². The number of hydrogen-bond acceptors (Lipinski definition) is 5. The molecule has 4 bridgehead atoms. The molecule has 0 radical (unpaired) electrons. The number of aromatic nitrogens is 3. The number of anilines is 1.